The summed E-state index contributed by atoms with van der Waals surface area (Å²) in [5.41, 5.74) is -0.0985. The van der Waals surface area contributed by atoms with Gasteiger partial charge in [-0.2, -0.15) is 5.10 Å². The molecule has 94 valence electrons. The van der Waals surface area contributed by atoms with E-state index in [1.165, 1.54) is 0 Å². The van der Waals surface area contributed by atoms with Crippen molar-refractivity contribution in [2.45, 2.75) is 25.4 Å². The summed E-state index contributed by atoms with van der Waals surface area (Å²) in [6.07, 6.45) is 4.57. The summed E-state index contributed by atoms with van der Waals surface area (Å²) in [4.78, 5) is 12.5. The molecule has 1 aliphatic heterocycles. The van der Waals surface area contributed by atoms with E-state index in [1.807, 2.05) is 6.92 Å². The van der Waals surface area contributed by atoms with Crippen LogP contribution in [0, 0.1) is 0 Å². The van der Waals surface area contributed by atoms with E-state index in [4.69, 9.17) is 9.47 Å². The van der Waals surface area contributed by atoms with Crippen LogP contribution in [0.1, 0.15) is 30.1 Å². The van der Waals surface area contributed by atoms with Gasteiger partial charge in [0.15, 0.2) is 5.78 Å². The van der Waals surface area contributed by atoms with Gasteiger partial charge in [0.2, 0.25) is 0 Å². The monoisotopic (exact) mass is 238 g/mol. The maximum absolute atomic E-state index is 12.5. The first-order valence-electron chi connectivity index (χ1n) is 5.93. The maximum Gasteiger partial charge on any atom is 0.197 e. The molecule has 2 rings (SSSR count). The van der Waals surface area contributed by atoms with Crippen LogP contribution >= 0.6 is 0 Å². The number of Topliss-reactive ketones (excluding diaryl/α,β-unsaturated/α-hetero) is 1. The Kier molecular flexibility index (Phi) is 3.59. The molecular weight excluding hydrogens is 220 g/mol. The van der Waals surface area contributed by atoms with E-state index in [0.29, 0.717) is 38.2 Å². The van der Waals surface area contributed by atoms with Crippen molar-refractivity contribution >= 4 is 5.78 Å². The van der Waals surface area contributed by atoms with Crippen LogP contribution < -0.4 is 0 Å². The Labute approximate surface area is 101 Å². The molecule has 1 fully saturated rings. The van der Waals surface area contributed by atoms with E-state index in [1.54, 1.807) is 24.1 Å². The van der Waals surface area contributed by atoms with Crippen molar-refractivity contribution in [1.29, 1.82) is 0 Å². The van der Waals surface area contributed by atoms with Crippen molar-refractivity contribution in [3.05, 3.63) is 18.0 Å². The summed E-state index contributed by atoms with van der Waals surface area (Å²) < 4.78 is 12.7. The molecule has 1 aromatic rings. The third-order valence-corrected chi connectivity index (χ3v) is 3.10. The summed E-state index contributed by atoms with van der Waals surface area (Å²) in [6.45, 7) is 3.59. The van der Waals surface area contributed by atoms with Gasteiger partial charge in [-0.15, -0.1) is 0 Å². The van der Waals surface area contributed by atoms with Crippen LogP contribution in [0.15, 0.2) is 12.4 Å². The largest absolute Gasteiger partial charge is 0.381 e. The second-order valence-electron chi connectivity index (χ2n) is 4.27. The number of carbonyl (C=O) groups excluding carboxylic acids is 1. The predicted octanol–water partition coefficient (Wildman–Crippen LogP) is 1.19. The molecule has 0 spiro atoms. The fourth-order valence-electron chi connectivity index (χ4n) is 2.22. The van der Waals surface area contributed by atoms with E-state index >= 15 is 0 Å². The van der Waals surface area contributed by atoms with Crippen molar-refractivity contribution in [3.8, 4) is 0 Å². The molecule has 0 radical (unpaired) electrons. The zero-order valence-electron chi connectivity index (χ0n) is 10.3. The lowest BCUT2D eigenvalue weighted by atomic mass is 9.86. The Morgan fingerprint density at radius 2 is 2.29 bits per heavy atom. The summed E-state index contributed by atoms with van der Waals surface area (Å²) >= 11 is 0. The van der Waals surface area contributed by atoms with E-state index in [0.717, 1.165) is 0 Å². The lowest BCUT2D eigenvalue weighted by molar-refractivity contribution is -0.0822. The van der Waals surface area contributed by atoms with Crippen LogP contribution in [0.5, 0.6) is 0 Å². The number of carbonyl (C=O) groups is 1. The first-order chi connectivity index (χ1) is 8.18. The SMILES string of the molecule is CCOC1(C(=O)c2cnn(C)c2)CCOCC1. The van der Waals surface area contributed by atoms with Gasteiger partial charge in [0.25, 0.3) is 0 Å². The molecule has 0 aromatic carbocycles. The molecule has 0 aliphatic carbocycles. The number of hydrogen-bond acceptors (Lipinski definition) is 4. The van der Waals surface area contributed by atoms with Gasteiger partial charge in [-0.05, 0) is 6.92 Å². The minimum Gasteiger partial charge on any atom is -0.381 e. The molecule has 17 heavy (non-hydrogen) atoms. The highest BCUT2D eigenvalue weighted by molar-refractivity contribution is 6.02. The third kappa shape index (κ3) is 2.40. The van der Waals surface area contributed by atoms with E-state index in [-0.39, 0.29) is 5.78 Å². The quantitative estimate of drug-likeness (QED) is 0.739. The van der Waals surface area contributed by atoms with Gasteiger partial charge in [0.1, 0.15) is 5.60 Å². The van der Waals surface area contributed by atoms with Gasteiger partial charge in [-0.1, -0.05) is 0 Å². The highest BCUT2D eigenvalue weighted by atomic mass is 16.5. The number of nitrogens with zero attached hydrogens (tertiary/aromatic N) is 2. The van der Waals surface area contributed by atoms with Crippen LogP contribution in [-0.4, -0.2) is 41.0 Å². The van der Waals surface area contributed by atoms with Gasteiger partial charge < -0.3 is 9.47 Å². The second-order valence-corrected chi connectivity index (χ2v) is 4.27. The van der Waals surface area contributed by atoms with E-state index in [9.17, 15) is 4.79 Å². The topological polar surface area (TPSA) is 53.3 Å². The molecule has 0 unspecified atom stereocenters. The van der Waals surface area contributed by atoms with Crippen molar-refractivity contribution in [3.63, 3.8) is 0 Å². The fourth-order valence-corrected chi connectivity index (χ4v) is 2.22. The first kappa shape index (κ1) is 12.3. The van der Waals surface area contributed by atoms with Gasteiger partial charge in [-0.25, -0.2) is 0 Å². The summed E-state index contributed by atoms with van der Waals surface area (Å²) in [7, 11) is 1.80. The van der Waals surface area contributed by atoms with Crippen LogP contribution in [0.2, 0.25) is 0 Å². The molecule has 1 saturated heterocycles. The number of ketones is 1. The molecule has 2 heterocycles. The van der Waals surface area contributed by atoms with Crippen molar-refractivity contribution < 1.29 is 14.3 Å². The summed E-state index contributed by atoms with van der Waals surface area (Å²) in [6, 6.07) is 0. The average Bonchev–Trinajstić information content (AvgIpc) is 2.76. The van der Waals surface area contributed by atoms with E-state index < -0.39 is 5.60 Å². The average molecular weight is 238 g/mol. The normalized spacial score (nSPS) is 19.2. The number of aromatic nitrogens is 2. The molecule has 5 heteroatoms. The van der Waals surface area contributed by atoms with Gasteiger partial charge in [0.05, 0.1) is 11.8 Å². The number of hydrogen-bond donors (Lipinski definition) is 0. The Bertz CT molecular complexity index is 389. The molecule has 0 saturated carbocycles. The van der Waals surface area contributed by atoms with Crippen LogP contribution in [0.25, 0.3) is 0 Å². The lowest BCUT2D eigenvalue weighted by Crippen LogP contribution is -2.46. The van der Waals surface area contributed by atoms with Crippen molar-refractivity contribution in [2.75, 3.05) is 19.8 Å². The van der Waals surface area contributed by atoms with Gasteiger partial charge in [0, 0.05) is 45.9 Å². The highest BCUT2D eigenvalue weighted by Crippen LogP contribution is 2.29. The third-order valence-electron chi connectivity index (χ3n) is 3.10. The van der Waals surface area contributed by atoms with Crippen molar-refractivity contribution in [1.82, 2.24) is 9.78 Å². The molecular formula is C12H18N2O3. The standard InChI is InChI=1S/C12H18N2O3/c1-3-17-12(4-6-16-7-5-12)11(15)10-8-13-14(2)9-10/h8-9H,3-7H2,1-2H3. The minimum atomic E-state index is -0.712. The van der Waals surface area contributed by atoms with Gasteiger partial charge >= 0.3 is 0 Å². The molecule has 0 bridgehead atoms. The zero-order valence-corrected chi connectivity index (χ0v) is 10.3. The summed E-state index contributed by atoms with van der Waals surface area (Å²) in [5, 5.41) is 4.03. The minimum absolute atomic E-state index is 0.0238. The summed E-state index contributed by atoms with van der Waals surface area (Å²) in [5.74, 6) is 0.0238. The fraction of sp³-hybridized carbons (Fsp3) is 0.667. The number of aryl methyl sites for hydroxylation is 1. The number of rotatable bonds is 4. The highest BCUT2D eigenvalue weighted by Gasteiger charge is 2.41. The Balaban J connectivity index is 2.23. The van der Waals surface area contributed by atoms with Crippen molar-refractivity contribution in [2.24, 2.45) is 7.05 Å². The maximum atomic E-state index is 12.5. The van der Waals surface area contributed by atoms with Crippen LogP contribution in [-0.2, 0) is 16.5 Å². The Morgan fingerprint density at radius 3 is 2.82 bits per heavy atom. The Hall–Kier alpha value is -1.20. The van der Waals surface area contributed by atoms with Gasteiger partial charge in [-0.3, -0.25) is 9.48 Å². The second kappa shape index (κ2) is 4.98. The first-order valence-corrected chi connectivity index (χ1v) is 5.93. The molecule has 1 aliphatic rings. The molecule has 5 nitrogen and oxygen atoms in total. The molecule has 1 aromatic heterocycles. The molecule has 0 N–H and O–H groups in total. The van der Waals surface area contributed by atoms with E-state index in [2.05, 4.69) is 5.10 Å². The predicted molar refractivity (Wildman–Crippen MR) is 61.9 cm³/mol. The number of ether oxygens (including phenoxy) is 2. The van der Waals surface area contributed by atoms with Crippen LogP contribution in [0.4, 0.5) is 0 Å². The van der Waals surface area contributed by atoms with Crippen LogP contribution in [0.3, 0.4) is 0 Å². The zero-order chi connectivity index (χ0) is 12.3. The lowest BCUT2D eigenvalue weighted by Gasteiger charge is -2.35. The molecule has 0 amide bonds. The Morgan fingerprint density at radius 1 is 1.59 bits per heavy atom. The molecule has 0 atom stereocenters. The smallest absolute Gasteiger partial charge is 0.197 e.